The van der Waals surface area contributed by atoms with Gasteiger partial charge in [-0.15, -0.1) is 0 Å². The van der Waals surface area contributed by atoms with Crippen molar-refractivity contribution in [1.82, 2.24) is 20.1 Å². The highest BCUT2D eigenvalue weighted by atomic mass is 19.3. The molecule has 1 aliphatic carbocycles. The van der Waals surface area contributed by atoms with E-state index in [0.717, 1.165) is 11.1 Å². The van der Waals surface area contributed by atoms with Gasteiger partial charge < -0.3 is 19.7 Å². The second kappa shape index (κ2) is 7.99. The van der Waals surface area contributed by atoms with E-state index in [9.17, 15) is 18.4 Å². The molecular formula is C21H25F2N5O3. The van der Waals surface area contributed by atoms with Crippen molar-refractivity contribution in [2.75, 3.05) is 19.0 Å². The second-order valence-corrected chi connectivity index (χ2v) is 8.29. The first kappa shape index (κ1) is 21.4. The summed E-state index contributed by atoms with van der Waals surface area (Å²) < 4.78 is 34.0. The molecule has 31 heavy (non-hydrogen) atoms. The van der Waals surface area contributed by atoms with Crippen molar-refractivity contribution in [2.45, 2.75) is 56.9 Å². The van der Waals surface area contributed by atoms with E-state index in [2.05, 4.69) is 15.4 Å². The molecule has 2 aliphatic rings. The van der Waals surface area contributed by atoms with Crippen molar-refractivity contribution in [1.29, 1.82) is 0 Å². The minimum atomic E-state index is -2.70. The lowest BCUT2D eigenvalue weighted by atomic mass is 10.1. The van der Waals surface area contributed by atoms with Gasteiger partial charge in [-0.05, 0) is 25.0 Å². The van der Waals surface area contributed by atoms with Gasteiger partial charge >= 0.3 is 0 Å². The normalized spacial score (nSPS) is 22.0. The summed E-state index contributed by atoms with van der Waals surface area (Å²) in [6.45, 7) is 2.66. The highest BCUT2D eigenvalue weighted by Crippen LogP contribution is 2.55. The van der Waals surface area contributed by atoms with Crippen LogP contribution in [0, 0.1) is 0 Å². The Hall–Kier alpha value is -2.88. The highest BCUT2D eigenvalue weighted by molar-refractivity contribution is 5.94. The first-order valence-electron chi connectivity index (χ1n) is 10.2. The van der Waals surface area contributed by atoms with Crippen LogP contribution in [0.2, 0.25) is 0 Å². The van der Waals surface area contributed by atoms with E-state index in [1.165, 1.54) is 0 Å². The fraction of sp³-hybridized carbons (Fsp3) is 0.524. The zero-order valence-electron chi connectivity index (χ0n) is 17.6. The molecular weight excluding hydrogens is 408 g/mol. The van der Waals surface area contributed by atoms with Crippen molar-refractivity contribution in [2.24, 2.45) is 0 Å². The van der Waals surface area contributed by atoms with Crippen molar-refractivity contribution in [3.63, 3.8) is 0 Å². The number of anilines is 1. The third-order valence-electron chi connectivity index (χ3n) is 5.73. The molecule has 2 aromatic heterocycles. The molecule has 4 rings (SSSR count). The lowest BCUT2D eigenvalue weighted by Gasteiger charge is -2.17. The Bertz CT molecular complexity index is 1010. The molecule has 0 aromatic carbocycles. The van der Waals surface area contributed by atoms with Crippen LogP contribution in [0.5, 0.6) is 0 Å². The molecule has 1 aliphatic heterocycles. The first-order chi connectivity index (χ1) is 14.7. The Balaban J connectivity index is 1.41. The summed E-state index contributed by atoms with van der Waals surface area (Å²) in [5, 5.41) is 7.00. The number of aldehydes is 1. The molecule has 3 heterocycles. The number of halogens is 2. The molecule has 1 amide bonds. The van der Waals surface area contributed by atoms with Gasteiger partial charge in [0.25, 0.3) is 11.8 Å². The molecule has 0 saturated heterocycles. The Morgan fingerprint density at radius 1 is 1.45 bits per heavy atom. The van der Waals surface area contributed by atoms with Crippen LogP contribution in [0.4, 0.5) is 14.6 Å². The van der Waals surface area contributed by atoms with E-state index in [1.807, 2.05) is 6.92 Å². The van der Waals surface area contributed by atoms with E-state index >= 15 is 0 Å². The molecule has 10 heteroatoms. The summed E-state index contributed by atoms with van der Waals surface area (Å²) in [5.74, 6) is -3.34. The van der Waals surface area contributed by atoms with Crippen LogP contribution in [0.15, 0.2) is 18.3 Å². The van der Waals surface area contributed by atoms with Crippen molar-refractivity contribution < 1.29 is 23.1 Å². The number of hydrogen-bond acceptors (Lipinski definition) is 6. The molecule has 8 nitrogen and oxygen atoms in total. The summed E-state index contributed by atoms with van der Waals surface area (Å²) in [4.78, 5) is 30.1. The minimum Gasteiger partial charge on any atom is -0.369 e. The number of nitrogens with zero attached hydrogens (tertiary/aromatic N) is 4. The summed E-state index contributed by atoms with van der Waals surface area (Å²) in [6.07, 6.45) is 2.24. The van der Waals surface area contributed by atoms with Gasteiger partial charge in [0.1, 0.15) is 17.8 Å². The predicted octanol–water partition coefficient (Wildman–Crippen LogP) is 2.45. The monoisotopic (exact) mass is 433 g/mol. The number of alkyl halides is 2. The maximum atomic E-state index is 13.4. The molecule has 0 spiro atoms. The van der Waals surface area contributed by atoms with Gasteiger partial charge in [-0.2, -0.15) is 5.10 Å². The van der Waals surface area contributed by atoms with Crippen LogP contribution >= 0.6 is 0 Å². The number of rotatable bonds is 8. The number of carbonyl (C=O) groups is 2. The van der Waals surface area contributed by atoms with Crippen molar-refractivity contribution >= 4 is 18.0 Å². The molecule has 1 fully saturated rings. The van der Waals surface area contributed by atoms with E-state index < -0.39 is 23.8 Å². The second-order valence-electron chi connectivity index (χ2n) is 8.29. The number of hydrogen-bond donors (Lipinski definition) is 1. The van der Waals surface area contributed by atoms with E-state index in [0.29, 0.717) is 24.4 Å². The first-order valence-corrected chi connectivity index (χ1v) is 10.2. The van der Waals surface area contributed by atoms with Gasteiger partial charge in [0.05, 0.1) is 30.4 Å². The Labute approximate surface area is 178 Å². The number of aromatic nitrogens is 3. The Morgan fingerprint density at radius 2 is 2.19 bits per heavy atom. The van der Waals surface area contributed by atoms with Gasteiger partial charge in [-0.25, -0.2) is 13.5 Å². The van der Waals surface area contributed by atoms with Crippen LogP contribution in [-0.4, -0.2) is 53.0 Å². The van der Waals surface area contributed by atoms with E-state index in [-0.39, 0.29) is 31.2 Å². The van der Waals surface area contributed by atoms with Gasteiger partial charge in [-0.1, -0.05) is 0 Å². The average Bonchev–Trinajstić information content (AvgIpc) is 3.06. The zero-order valence-corrected chi connectivity index (χ0v) is 17.6. The molecule has 1 N–H and O–H groups in total. The van der Waals surface area contributed by atoms with Crippen molar-refractivity contribution in [3.05, 3.63) is 40.8 Å². The summed E-state index contributed by atoms with van der Waals surface area (Å²) in [5.41, 5.74) is 2.43. The number of ether oxygens (including phenoxy) is 1. The van der Waals surface area contributed by atoms with Gasteiger partial charge in [0.15, 0.2) is 0 Å². The molecule has 1 saturated carbocycles. The smallest absolute Gasteiger partial charge is 0.270 e. The summed E-state index contributed by atoms with van der Waals surface area (Å²) >= 11 is 0. The van der Waals surface area contributed by atoms with Crippen molar-refractivity contribution in [3.8, 4) is 0 Å². The molecule has 3 atom stereocenters. The molecule has 0 bridgehead atoms. The van der Waals surface area contributed by atoms with Crippen LogP contribution in [-0.2, 0) is 22.7 Å². The fourth-order valence-corrected chi connectivity index (χ4v) is 3.76. The predicted molar refractivity (Wildman–Crippen MR) is 108 cm³/mol. The fourth-order valence-electron chi connectivity index (χ4n) is 3.76. The van der Waals surface area contributed by atoms with Gasteiger partial charge in [-0.3, -0.25) is 9.78 Å². The number of amides is 1. The number of pyridine rings is 1. The van der Waals surface area contributed by atoms with Gasteiger partial charge in [0, 0.05) is 44.9 Å². The average molecular weight is 433 g/mol. The maximum absolute atomic E-state index is 13.4. The minimum absolute atomic E-state index is 0.108. The van der Waals surface area contributed by atoms with E-state index in [1.54, 1.807) is 42.0 Å². The maximum Gasteiger partial charge on any atom is 0.270 e. The topological polar surface area (TPSA) is 89.3 Å². The number of fused-ring (bicyclic) bond motifs is 1. The molecule has 166 valence electrons. The number of carbonyl (C=O) groups excluding carboxylic acids is 2. The number of aryl methyl sites for hydroxylation is 1. The van der Waals surface area contributed by atoms with Crippen LogP contribution in [0.3, 0.4) is 0 Å². The standard InChI is InChI=1S/C21H25F2N5O3/c1-12-15-6-18(24-9-13(15)11-31-12)20(30)25-14(10-29)4-5-28-19(27(2)3)7-17(26-28)16-8-21(16,22)23/h6-7,9-10,12,14,16H,4-5,8,11H2,1-3H3,(H,25,30). The van der Waals surface area contributed by atoms with Gasteiger partial charge in [0.2, 0.25) is 0 Å². The zero-order chi connectivity index (χ0) is 22.3. The van der Waals surface area contributed by atoms with Crippen LogP contribution in [0.25, 0.3) is 0 Å². The largest absolute Gasteiger partial charge is 0.369 e. The molecule has 3 unspecified atom stereocenters. The SMILES string of the molecule is CC1OCc2cnc(C(=O)NC(C=O)CCn3nc(C4CC4(F)F)cc3N(C)C)cc21. The highest BCUT2D eigenvalue weighted by Gasteiger charge is 2.59. The molecule has 0 radical (unpaired) electrons. The Kier molecular flexibility index (Phi) is 5.50. The quantitative estimate of drug-likeness (QED) is 0.644. The summed E-state index contributed by atoms with van der Waals surface area (Å²) in [7, 11) is 3.59. The summed E-state index contributed by atoms with van der Waals surface area (Å²) in [6, 6.07) is 2.57. The lowest BCUT2D eigenvalue weighted by molar-refractivity contribution is -0.109. The van der Waals surface area contributed by atoms with E-state index in [4.69, 9.17) is 4.74 Å². The van der Waals surface area contributed by atoms with Crippen LogP contribution < -0.4 is 10.2 Å². The lowest BCUT2D eigenvalue weighted by Crippen LogP contribution is -2.37. The number of nitrogens with one attached hydrogen (secondary N) is 1. The third-order valence-corrected chi connectivity index (χ3v) is 5.73. The molecule has 2 aromatic rings. The third kappa shape index (κ3) is 4.30. The Morgan fingerprint density at radius 3 is 2.84 bits per heavy atom. The van der Waals surface area contributed by atoms with Crippen LogP contribution in [0.1, 0.15) is 59.1 Å².